The van der Waals surface area contributed by atoms with E-state index < -0.39 is 0 Å². The van der Waals surface area contributed by atoms with E-state index in [9.17, 15) is 10.2 Å². The maximum absolute atomic E-state index is 9.89. The maximum Gasteiger partial charge on any atom is 0.0658 e. The topological polar surface area (TPSA) is 40.5 Å². The van der Waals surface area contributed by atoms with Gasteiger partial charge < -0.3 is 10.2 Å². The van der Waals surface area contributed by atoms with Crippen molar-refractivity contribution in [3.8, 4) is 0 Å². The van der Waals surface area contributed by atoms with Gasteiger partial charge in [-0.05, 0) is 25.7 Å². The fourth-order valence-electron chi connectivity index (χ4n) is 2.94. The predicted octanol–water partition coefficient (Wildman–Crippen LogP) is 3.06. The molecule has 2 rings (SSSR count). The molecule has 0 bridgehead atoms. The summed E-state index contributed by atoms with van der Waals surface area (Å²) in [6, 6.07) is 0. The average molecular weight is 290 g/mol. The van der Waals surface area contributed by atoms with E-state index in [1.54, 1.807) is 0 Å². The van der Waals surface area contributed by atoms with Gasteiger partial charge in [0, 0.05) is 22.0 Å². The van der Waals surface area contributed by atoms with Gasteiger partial charge in [-0.2, -0.15) is 23.5 Å². The van der Waals surface area contributed by atoms with Gasteiger partial charge in [-0.15, -0.1) is 0 Å². The van der Waals surface area contributed by atoms with Gasteiger partial charge in [0.25, 0.3) is 0 Å². The van der Waals surface area contributed by atoms with E-state index in [0.717, 1.165) is 24.3 Å². The number of thioether (sulfide) groups is 2. The first kappa shape index (κ1) is 15.0. The van der Waals surface area contributed by atoms with Crippen LogP contribution >= 0.6 is 23.5 Å². The lowest BCUT2D eigenvalue weighted by atomic mass is 9.97. The molecule has 0 aromatic rings. The molecule has 2 saturated carbocycles. The highest BCUT2D eigenvalue weighted by Crippen LogP contribution is 2.32. The zero-order chi connectivity index (χ0) is 12.8. The van der Waals surface area contributed by atoms with Crippen LogP contribution in [0.15, 0.2) is 0 Å². The van der Waals surface area contributed by atoms with E-state index >= 15 is 0 Å². The van der Waals surface area contributed by atoms with Crippen LogP contribution in [0.3, 0.4) is 0 Å². The lowest BCUT2D eigenvalue weighted by Crippen LogP contribution is -2.28. The van der Waals surface area contributed by atoms with Gasteiger partial charge in [-0.25, -0.2) is 0 Å². The first-order valence-corrected chi connectivity index (χ1v) is 9.46. The third kappa shape index (κ3) is 4.62. The van der Waals surface area contributed by atoms with E-state index in [0.29, 0.717) is 10.5 Å². The Morgan fingerprint density at radius 2 is 1.06 bits per heavy atom. The molecule has 0 amide bonds. The summed E-state index contributed by atoms with van der Waals surface area (Å²) < 4.78 is 0. The molecule has 4 atom stereocenters. The van der Waals surface area contributed by atoms with Gasteiger partial charge in [0.15, 0.2) is 0 Å². The third-order valence-corrected chi connectivity index (χ3v) is 7.18. The molecular weight excluding hydrogens is 264 g/mol. The Morgan fingerprint density at radius 1 is 0.667 bits per heavy atom. The van der Waals surface area contributed by atoms with Crippen molar-refractivity contribution >= 4 is 23.5 Å². The Kier molecular flexibility index (Phi) is 6.70. The molecule has 0 aliphatic heterocycles. The van der Waals surface area contributed by atoms with Crippen molar-refractivity contribution in [2.75, 3.05) is 11.5 Å². The van der Waals surface area contributed by atoms with Crippen molar-refractivity contribution in [2.24, 2.45) is 0 Å². The van der Waals surface area contributed by atoms with Crippen molar-refractivity contribution < 1.29 is 10.2 Å². The van der Waals surface area contributed by atoms with Crippen LogP contribution in [0, 0.1) is 0 Å². The van der Waals surface area contributed by atoms with E-state index in [1.165, 1.54) is 38.5 Å². The number of hydrogen-bond donors (Lipinski definition) is 2. The lowest BCUT2D eigenvalue weighted by molar-refractivity contribution is 0.136. The molecule has 0 aromatic carbocycles. The molecule has 2 fully saturated rings. The van der Waals surface area contributed by atoms with E-state index in [-0.39, 0.29) is 12.2 Å². The number of aliphatic hydroxyl groups excluding tert-OH is 2. The van der Waals surface area contributed by atoms with Gasteiger partial charge in [0.05, 0.1) is 12.2 Å². The summed E-state index contributed by atoms with van der Waals surface area (Å²) in [6.45, 7) is 0. The first-order valence-electron chi connectivity index (χ1n) is 7.36. The standard InChI is InChI=1S/C14H26O2S2/c15-11-5-1-3-7-13(11)17-9-10-18-14-8-4-2-6-12(14)16/h11-16H,1-10H2/t11-,12+,13+,14-. The van der Waals surface area contributed by atoms with Crippen molar-refractivity contribution in [1.29, 1.82) is 0 Å². The van der Waals surface area contributed by atoms with Crippen molar-refractivity contribution in [1.82, 2.24) is 0 Å². The quantitative estimate of drug-likeness (QED) is 0.764. The third-order valence-electron chi connectivity index (χ3n) is 4.08. The Morgan fingerprint density at radius 3 is 1.44 bits per heavy atom. The summed E-state index contributed by atoms with van der Waals surface area (Å²) in [5, 5.41) is 20.7. The van der Waals surface area contributed by atoms with Crippen LogP contribution in [-0.4, -0.2) is 44.4 Å². The Labute approximate surface area is 119 Å². The Balaban J connectivity index is 1.57. The van der Waals surface area contributed by atoms with Gasteiger partial charge in [0.2, 0.25) is 0 Å². The normalized spacial score (nSPS) is 37.7. The molecule has 0 radical (unpaired) electrons. The highest BCUT2D eigenvalue weighted by molar-refractivity contribution is 8.03. The van der Waals surface area contributed by atoms with Gasteiger partial charge >= 0.3 is 0 Å². The molecule has 0 spiro atoms. The SMILES string of the molecule is O[C@@H]1CCCC[C@@H]1SCCS[C@@H]1CCCC[C@@H]1O. The van der Waals surface area contributed by atoms with Crippen LogP contribution in [0.1, 0.15) is 51.4 Å². The molecule has 0 saturated heterocycles. The van der Waals surface area contributed by atoms with Crippen molar-refractivity contribution in [2.45, 2.75) is 74.1 Å². The highest BCUT2D eigenvalue weighted by atomic mass is 32.2. The molecule has 2 nitrogen and oxygen atoms in total. The van der Waals surface area contributed by atoms with Gasteiger partial charge in [-0.1, -0.05) is 25.7 Å². The Bertz CT molecular complexity index is 214. The minimum Gasteiger partial charge on any atom is -0.392 e. The van der Waals surface area contributed by atoms with Crippen molar-refractivity contribution in [3.63, 3.8) is 0 Å². The van der Waals surface area contributed by atoms with Crippen LogP contribution < -0.4 is 0 Å². The zero-order valence-electron chi connectivity index (χ0n) is 11.1. The largest absolute Gasteiger partial charge is 0.392 e. The number of hydrogen-bond acceptors (Lipinski definition) is 4. The second-order valence-corrected chi connectivity index (χ2v) is 8.22. The minimum atomic E-state index is -0.0750. The highest BCUT2D eigenvalue weighted by Gasteiger charge is 2.25. The van der Waals surface area contributed by atoms with Gasteiger partial charge in [-0.3, -0.25) is 0 Å². The predicted molar refractivity (Wildman–Crippen MR) is 81.4 cm³/mol. The van der Waals surface area contributed by atoms with Crippen LogP contribution in [0.5, 0.6) is 0 Å². The molecule has 0 aromatic heterocycles. The summed E-state index contributed by atoms with van der Waals surface area (Å²) in [5.41, 5.74) is 0. The molecular formula is C14H26O2S2. The first-order chi connectivity index (χ1) is 8.77. The van der Waals surface area contributed by atoms with Crippen LogP contribution in [-0.2, 0) is 0 Å². The number of aliphatic hydroxyl groups is 2. The van der Waals surface area contributed by atoms with Crippen LogP contribution in [0.25, 0.3) is 0 Å². The Hall–Kier alpha value is 0.620. The molecule has 2 aliphatic carbocycles. The monoisotopic (exact) mass is 290 g/mol. The summed E-state index contributed by atoms with van der Waals surface area (Å²) in [5.74, 6) is 2.24. The molecule has 106 valence electrons. The van der Waals surface area contributed by atoms with E-state index in [2.05, 4.69) is 0 Å². The van der Waals surface area contributed by atoms with Gasteiger partial charge in [0.1, 0.15) is 0 Å². The molecule has 2 N–H and O–H groups in total. The maximum atomic E-state index is 9.89. The van der Waals surface area contributed by atoms with Crippen LogP contribution in [0.2, 0.25) is 0 Å². The fourth-order valence-corrected chi connectivity index (χ4v) is 5.70. The second-order valence-electron chi connectivity index (χ2n) is 5.52. The smallest absolute Gasteiger partial charge is 0.0658 e. The van der Waals surface area contributed by atoms with Crippen molar-refractivity contribution in [3.05, 3.63) is 0 Å². The molecule has 4 heteroatoms. The molecule has 18 heavy (non-hydrogen) atoms. The van der Waals surface area contributed by atoms with Crippen LogP contribution in [0.4, 0.5) is 0 Å². The summed E-state index contributed by atoms with van der Waals surface area (Å²) in [7, 11) is 0. The van der Waals surface area contributed by atoms with E-state index in [4.69, 9.17) is 0 Å². The fraction of sp³-hybridized carbons (Fsp3) is 1.00. The second kappa shape index (κ2) is 8.03. The minimum absolute atomic E-state index is 0.0750. The lowest BCUT2D eigenvalue weighted by Gasteiger charge is -2.28. The number of rotatable bonds is 5. The molecule has 2 aliphatic rings. The summed E-state index contributed by atoms with van der Waals surface area (Å²) in [4.78, 5) is 0. The molecule has 0 unspecified atom stereocenters. The van der Waals surface area contributed by atoms with E-state index in [1.807, 2.05) is 23.5 Å². The average Bonchev–Trinajstić information content (AvgIpc) is 2.38. The zero-order valence-corrected chi connectivity index (χ0v) is 12.7. The summed E-state index contributed by atoms with van der Waals surface area (Å²) >= 11 is 3.89. The molecule has 0 heterocycles. The summed E-state index contributed by atoms with van der Waals surface area (Å²) in [6.07, 6.45) is 9.15.